The Labute approximate surface area is 186 Å². The summed E-state index contributed by atoms with van der Waals surface area (Å²) in [5.74, 6) is 0.720. The maximum atomic E-state index is 12.9. The third-order valence-electron chi connectivity index (χ3n) is 5.34. The van der Waals surface area contributed by atoms with Gasteiger partial charge in [-0.3, -0.25) is 10.1 Å². The van der Waals surface area contributed by atoms with Crippen LogP contribution in [0.2, 0.25) is 0 Å². The first-order valence-electron chi connectivity index (χ1n) is 10.3. The van der Waals surface area contributed by atoms with Crippen molar-refractivity contribution in [1.29, 1.82) is 0 Å². The van der Waals surface area contributed by atoms with Gasteiger partial charge in [0, 0.05) is 24.2 Å². The third kappa shape index (κ3) is 4.66. The van der Waals surface area contributed by atoms with Crippen molar-refractivity contribution in [2.45, 2.75) is 24.7 Å². The van der Waals surface area contributed by atoms with Crippen LogP contribution in [0.25, 0.3) is 11.5 Å². The fourth-order valence-electron chi connectivity index (χ4n) is 3.61. The van der Waals surface area contributed by atoms with Gasteiger partial charge in [0.15, 0.2) is 0 Å². The lowest BCUT2D eigenvalue weighted by atomic mass is 10.0. The maximum Gasteiger partial charge on any atom is 0.322 e. The molecule has 9 nitrogen and oxygen atoms in total. The van der Waals surface area contributed by atoms with E-state index < -0.39 is 15.9 Å². The van der Waals surface area contributed by atoms with Crippen molar-refractivity contribution in [3.05, 3.63) is 54.1 Å². The average Bonchev–Trinajstić information content (AvgIpc) is 3.27. The number of rotatable bonds is 6. The van der Waals surface area contributed by atoms with E-state index in [0.717, 1.165) is 12.8 Å². The molecule has 1 atom stereocenters. The molecule has 1 N–H and O–H groups in total. The topological polar surface area (TPSA) is 115 Å². The Morgan fingerprint density at radius 3 is 2.69 bits per heavy atom. The highest BCUT2D eigenvalue weighted by atomic mass is 32.2. The first-order chi connectivity index (χ1) is 15.4. The quantitative estimate of drug-likeness (QED) is 0.604. The number of anilines is 1. The van der Waals surface area contributed by atoms with E-state index in [-0.39, 0.29) is 22.4 Å². The zero-order valence-corrected chi connectivity index (χ0v) is 18.6. The van der Waals surface area contributed by atoms with Gasteiger partial charge in [-0.1, -0.05) is 18.1 Å². The van der Waals surface area contributed by atoms with Crippen LogP contribution < -0.4 is 10.1 Å². The second-order valence-electron chi connectivity index (χ2n) is 7.73. The van der Waals surface area contributed by atoms with E-state index in [9.17, 15) is 13.2 Å². The van der Waals surface area contributed by atoms with Crippen LogP contribution in [-0.4, -0.2) is 49.0 Å². The summed E-state index contributed by atoms with van der Waals surface area (Å²) in [6, 6.07) is 12.9. The molecule has 1 fully saturated rings. The van der Waals surface area contributed by atoms with Crippen LogP contribution >= 0.6 is 0 Å². The van der Waals surface area contributed by atoms with Crippen molar-refractivity contribution in [2.24, 2.45) is 5.92 Å². The highest BCUT2D eigenvalue weighted by molar-refractivity contribution is 7.89. The van der Waals surface area contributed by atoms with E-state index in [1.807, 2.05) is 6.92 Å². The molecule has 1 aliphatic rings. The highest BCUT2D eigenvalue weighted by Crippen LogP contribution is 2.25. The molecule has 0 saturated carbocycles. The molecule has 32 heavy (non-hydrogen) atoms. The smallest absolute Gasteiger partial charge is 0.322 e. The van der Waals surface area contributed by atoms with E-state index in [1.165, 1.54) is 28.6 Å². The molecule has 0 radical (unpaired) electrons. The molecular weight excluding hydrogens is 432 g/mol. The number of hydrogen-bond acceptors (Lipinski definition) is 7. The predicted octanol–water partition coefficient (Wildman–Crippen LogP) is 3.42. The number of carbonyl (C=O) groups is 1. The summed E-state index contributed by atoms with van der Waals surface area (Å²) < 4.78 is 37.9. The van der Waals surface area contributed by atoms with Gasteiger partial charge < -0.3 is 9.15 Å². The van der Waals surface area contributed by atoms with Crippen molar-refractivity contribution in [2.75, 3.05) is 25.5 Å². The zero-order valence-electron chi connectivity index (χ0n) is 17.8. The van der Waals surface area contributed by atoms with Gasteiger partial charge in [-0.2, -0.15) is 4.31 Å². The normalized spacial score (nSPS) is 17.1. The number of ether oxygens (including phenoxy) is 1. The van der Waals surface area contributed by atoms with Crippen molar-refractivity contribution >= 4 is 21.9 Å². The van der Waals surface area contributed by atoms with Gasteiger partial charge >= 0.3 is 6.01 Å². The number of methoxy groups -OCH3 is 1. The van der Waals surface area contributed by atoms with Crippen LogP contribution in [0.1, 0.15) is 30.1 Å². The van der Waals surface area contributed by atoms with Gasteiger partial charge in [-0.05, 0) is 61.2 Å². The molecule has 2 heterocycles. The molecule has 0 spiro atoms. The van der Waals surface area contributed by atoms with Gasteiger partial charge in [0.2, 0.25) is 15.9 Å². The van der Waals surface area contributed by atoms with Gasteiger partial charge in [-0.25, -0.2) is 8.42 Å². The summed E-state index contributed by atoms with van der Waals surface area (Å²) in [5.41, 5.74) is 0.927. The molecule has 1 amide bonds. The van der Waals surface area contributed by atoms with Crippen LogP contribution in [0.3, 0.4) is 0 Å². The lowest BCUT2D eigenvalue weighted by Gasteiger charge is -2.30. The SMILES string of the molecule is COc1cccc(-c2nnc(NC(=O)c3ccc(S(=O)(=O)N4CCC[C@@H](C)C4)cc3)o2)c1. The molecule has 168 valence electrons. The number of hydrogen-bond donors (Lipinski definition) is 1. The summed E-state index contributed by atoms with van der Waals surface area (Å²) in [6.45, 7) is 3.07. The molecule has 1 aliphatic heterocycles. The summed E-state index contributed by atoms with van der Waals surface area (Å²) in [5, 5.41) is 10.3. The number of carbonyl (C=O) groups excluding carboxylic acids is 1. The van der Waals surface area contributed by atoms with E-state index >= 15 is 0 Å². The Morgan fingerprint density at radius 2 is 1.97 bits per heavy atom. The summed E-state index contributed by atoms with van der Waals surface area (Å²) in [4.78, 5) is 12.7. The molecule has 0 unspecified atom stereocenters. The Hall–Kier alpha value is -3.24. The second kappa shape index (κ2) is 9.09. The lowest BCUT2D eigenvalue weighted by Crippen LogP contribution is -2.39. The number of benzene rings is 2. The molecule has 0 bridgehead atoms. The molecule has 10 heteroatoms. The van der Waals surface area contributed by atoms with Crippen molar-refractivity contribution in [3.63, 3.8) is 0 Å². The van der Waals surface area contributed by atoms with Crippen LogP contribution in [-0.2, 0) is 10.0 Å². The van der Waals surface area contributed by atoms with Crippen molar-refractivity contribution in [1.82, 2.24) is 14.5 Å². The molecular formula is C22H24N4O5S. The number of nitrogens with one attached hydrogen (secondary N) is 1. The predicted molar refractivity (Wildman–Crippen MR) is 118 cm³/mol. The summed E-state index contributed by atoms with van der Waals surface area (Å²) in [6.07, 6.45) is 1.88. The van der Waals surface area contributed by atoms with Crippen molar-refractivity contribution < 1.29 is 22.4 Å². The molecule has 3 aromatic rings. The Balaban J connectivity index is 1.45. The molecule has 0 aliphatic carbocycles. The number of aromatic nitrogens is 2. The van der Waals surface area contributed by atoms with E-state index in [1.54, 1.807) is 31.4 Å². The van der Waals surface area contributed by atoms with Crippen LogP contribution in [0.5, 0.6) is 5.75 Å². The minimum absolute atomic E-state index is 0.0631. The first-order valence-corrected chi connectivity index (χ1v) is 11.7. The van der Waals surface area contributed by atoms with Crippen LogP contribution in [0, 0.1) is 5.92 Å². The third-order valence-corrected chi connectivity index (χ3v) is 7.22. The first kappa shape index (κ1) is 22.0. The van der Waals surface area contributed by atoms with Gasteiger partial charge in [-0.15, -0.1) is 5.10 Å². The summed E-state index contributed by atoms with van der Waals surface area (Å²) in [7, 11) is -2.02. The van der Waals surface area contributed by atoms with Crippen LogP contribution in [0.4, 0.5) is 6.01 Å². The Bertz CT molecular complexity index is 1210. The van der Waals surface area contributed by atoms with E-state index in [2.05, 4.69) is 15.5 Å². The number of amides is 1. The maximum absolute atomic E-state index is 12.9. The number of sulfonamides is 1. The zero-order chi connectivity index (χ0) is 22.7. The monoisotopic (exact) mass is 456 g/mol. The number of nitrogens with zero attached hydrogens (tertiary/aromatic N) is 3. The standard InChI is InChI=1S/C22H24N4O5S/c1-15-5-4-12-26(14-15)32(28,29)19-10-8-16(9-11-19)20(27)23-22-25-24-21(31-22)17-6-3-7-18(13-17)30-2/h3,6-11,13,15H,4-5,12,14H2,1-2H3,(H,23,25,27)/t15-/m1/s1. The Kier molecular flexibility index (Phi) is 6.24. The second-order valence-corrected chi connectivity index (χ2v) is 9.67. The van der Waals surface area contributed by atoms with Crippen molar-refractivity contribution in [3.8, 4) is 17.2 Å². The molecule has 2 aromatic carbocycles. The van der Waals surface area contributed by atoms with Gasteiger partial charge in [0.25, 0.3) is 5.91 Å². The minimum atomic E-state index is -3.58. The minimum Gasteiger partial charge on any atom is -0.497 e. The molecule has 1 aromatic heterocycles. The van der Waals surface area contributed by atoms with E-state index in [0.29, 0.717) is 30.3 Å². The highest BCUT2D eigenvalue weighted by Gasteiger charge is 2.28. The average molecular weight is 457 g/mol. The fraction of sp³-hybridized carbons (Fsp3) is 0.318. The molecule has 4 rings (SSSR count). The fourth-order valence-corrected chi connectivity index (χ4v) is 5.21. The van der Waals surface area contributed by atoms with Crippen LogP contribution in [0.15, 0.2) is 57.8 Å². The Morgan fingerprint density at radius 1 is 1.19 bits per heavy atom. The lowest BCUT2D eigenvalue weighted by molar-refractivity contribution is 0.102. The summed E-state index contributed by atoms with van der Waals surface area (Å²) >= 11 is 0. The largest absolute Gasteiger partial charge is 0.497 e. The van der Waals surface area contributed by atoms with E-state index in [4.69, 9.17) is 9.15 Å². The van der Waals surface area contributed by atoms with Gasteiger partial charge in [0.1, 0.15) is 5.75 Å². The molecule has 1 saturated heterocycles. The van der Waals surface area contributed by atoms with Gasteiger partial charge in [0.05, 0.1) is 12.0 Å². The number of piperidine rings is 1.